The number of nitrogen functional groups attached to an aromatic ring is 1. The molecule has 13 heteroatoms. The van der Waals surface area contributed by atoms with Crippen LogP contribution < -0.4 is 15.4 Å². The monoisotopic (exact) mass is 634 g/mol. The van der Waals surface area contributed by atoms with Crippen LogP contribution in [-0.4, -0.2) is 87.5 Å². The van der Waals surface area contributed by atoms with E-state index in [1.807, 2.05) is 16.8 Å². The highest BCUT2D eigenvalue weighted by atomic mass is 19.1. The number of ether oxygens (including phenoxy) is 2. The summed E-state index contributed by atoms with van der Waals surface area (Å²) < 4.78 is 45.0. The second-order valence-corrected chi connectivity index (χ2v) is 13.8. The Hall–Kier alpha value is -3.84. The smallest absolute Gasteiger partial charge is 0.318 e. The summed E-state index contributed by atoms with van der Waals surface area (Å²) in [5.41, 5.74) is 9.27. The average Bonchev–Trinajstić information content (AvgIpc) is 3.75. The SMILES string of the molecule is CN(C)C(=O)c1cc2n(n1)CCCN(c1nc(OC[C@@]34CCCN3C[C@H](F)C4)nc3c1COC1(CCc4ccc(N)c(F)c41)C3)C2. The molecule has 244 valence electrons. The van der Waals surface area contributed by atoms with Crippen LogP contribution >= 0.6 is 0 Å². The molecule has 1 unspecified atom stereocenters. The van der Waals surface area contributed by atoms with Gasteiger partial charge in [0, 0.05) is 57.7 Å². The number of alkyl halides is 1. The molecule has 11 nitrogen and oxygen atoms in total. The Morgan fingerprint density at radius 1 is 1.20 bits per heavy atom. The molecule has 2 N–H and O–H groups in total. The molecule has 2 fully saturated rings. The van der Waals surface area contributed by atoms with Gasteiger partial charge in [-0.1, -0.05) is 6.07 Å². The number of carbonyl (C=O) groups is 1. The third-order valence-electron chi connectivity index (χ3n) is 10.7. The maximum atomic E-state index is 15.6. The summed E-state index contributed by atoms with van der Waals surface area (Å²) in [6.45, 7) is 3.68. The van der Waals surface area contributed by atoms with Gasteiger partial charge in [0.25, 0.3) is 5.91 Å². The molecule has 6 heterocycles. The van der Waals surface area contributed by atoms with Gasteiger partial charge in [-0.2, -0.15) is 15.1 Å². The zero-order chi connectivity index (χ0) is 31.8. The largest absolute Gasteiger partial charge is 0.461 e. The number of fused-ring (bicyclic) bond motifs is 5. The van der Waals surface area contributed by atoms with Crippen LogP contribution in [-0.2, 0) is 42.9 Å². The fraction of sp³-hybridized carbons (Fsp3) is 0.576. The minimum Gasteiger partial charge on any atom is -0.461 e. The molecule has 8 rings (SSSR count). The van der Waals surface area contributed by atoms with Crippen LogP contribution in [0.1, 0.15) is 70.7 Å². The first kappa shape index (κ1) is 29.6. The van der Waals surface area contributed by atoms with Gasteiger partial charge >= 0.3 is 6.01 Å². The van der Waals surface area contributed by atoms with E-state index in [9.17, 15) is 9.18 Å². The lowest BCUT2D eigenvalue weighted by Crippen LogP contribution is -2.43. The van der Waals surface area contributed by atoms with Crippen LogP contribution in [0.3, 0.4) is 0 Å². The van der Waals surface area contributed by atoms with Crippen LogP contribution in [0.2, 0.25) is 0 Å². The van der Waals surface area contributed by atoms with Gasteiger partial charge in [-0.3, -0.25) is 14.4 Å². The minimum atomic E-state index is -0.878. The predicted molar refractivity (Wildman–Crippen MR) is 166 cm³/mol. The maximum absolute atomic E-state index is 15.6. The summed E-state index contributed by atoms with van der Waals surface area (Å²) in [5, 5.41) is 4.60. The number of hydrogen-bond donors (Lipinski definition) is 1. The van der Waals surface area contributed by atoms with Crippen molar-refractivity contribution in [3.63, 3.8) is 0 Å². The molecular formula is C33H40F2N8O3. The molecule has 0 radical (unpaired) electrons. The summed E-state index contributed by atoms with van der Waals surface area (Å²) in [6, 6.07) is 5.60. The number of benzene rings is 1. The van der Waals surface area contributed by atoms with Gasteiger partial charge in [-0.25, -0.2) is 8.78 Å². The highest BCUT2D eigenvalue weighted by molar-refractivity contribution is 5.92. The van der Waals surface area contributed by atoms with Gasteiger partial charge in [0.15, 0.2) is 11.5 Å². The first-order chi connectivity index (χ1) is 22.1. The van der Waals surface area contributed by atoms with Crippen LogP contribution in [0, 0.1) is 5.82 Å². The van der Waals surface area contributed by atoms with Crippen molar-refractivity contribution in [2.45, 2.75) is 82.0 Å². The molecule has 3 aromatic rings. The van der Waals surface area contributed by atoms with Crippen LogP contribution in [0.15, 0.2) is 18.2 Å². The molecule has 4 aliphatic heterocycles. The molecule has 1 aliphatic carbocycles. The summed E-state index contributed by atoms with van der Waals surface area (Å²) in [7, 11) is 3.43. The van der Waals surface area contributed by atoms with E-state index in [1.54, 1.807) is 20.2 Å². The number of hydrogen-bond acceptors (Lipinski definition) is 9. The lowest BCUT2D eigenvalue weighted by Gasteiger charge is -2.37. The van der Waals surface area contributed by atoms with E-state index in [4.69, 9.17) is 25.2 Å². The van der Waals surface area contributed by atoms with Crippen molar-refractivity contribution in [1.29, 1.82) is 0 Å². The molecule has 46 heavy (non-hydrogen) atoms. The van der Waals surface area contributed by atoms with Gasteiger partial charge < -0.3 is 25.0 Å². The maximum Gasteiger partial charge on any atom is 0.318 e. The van der Waals surface area contributed by atoms with Gasteiger partial charge in [-0.15, -0.1) is 0 Å². The number of aryl methyl sites for hydroxylation is 2. The van der Waals surface area contributed by atoms with E-state index in [0.717, 1.165) is 48.3 Å². The standard InChI is InChI=1S/C33H40F2N8O3/c1-40(2)30(44)25-13-22-17-41(10-4-12-43(22)39-25)29-23-18-46-33(9-7-20-5-6-24(36)28(35)27(20)33)15-26(23)37-31(38-29)45-19-32-8-3-11-42(32)16-21(34)14-32/h5-6,13,21H,3-4,7-12,14-19,36H2,1-2H3/t21-,32+,33?/m1/s1. The Bertz CT molecular complexity index is 1710. The molecule has 1 aromatic carbocycles. The summed E-state index contributed by atoms with van der Waals surface area (Å²) in [4.78, 5) is 28.5. The highest BCUT2D eigenvalue weighted by Crippen LogP contribution is 2.49. The van der Waals surface area contributed by atoms with Gasteiger partial charge in [0.2, 0.25) is 0 Å². The molecule has 3 atom stereocenters. The molecule has 5 aliphatic rings. The number of nitrogens with zero attached hydrogens (tertiary/aromatic N) is 7. The third-order valence-corrected chi connectivity index (χ3v) is 10.7. The topological polar surface area (TPSA) is 115 Å². The quantitative estimate of drug-likeness (QED) is 0.422. The van der Waals surface area contributed by atoms with E-state index in [1.165, 1.54) is 4.90 Å². The minimum absolute atomic E-state index is 0.109. The molecule has 2 aromatic heterocycles. The Morgan fingerprint density at radius 3 is 2.91 bits per heavy atom. The first-order valence-electron chi connectivity index (χ1n) is 16.3. The Labute approximate surface area is 266 Å². The van der Waals surface area contributed by atoms with Crippen molar-refractivity contribution >= 4 is 17.4 Å². The molecule has 0 saturated carbocycles. The van der Waals surface area contributed by atoms with Crippen LogP contribution in [0.25, 0.3) is 0 Å². The fourth-order valence-corrected chi connectivity index (χ4v) is 8.39. The number of halogens is 2. The number of rotatable bonds is 5. The Balaban J connectivity index is 1.16. The first-order valence-corrected chi connectivity index (χ1v) is 16.3. The lowest BCUT2D eigenvalue weighted by atomic mass is 9.86. The van der Waals surface area contributed by atoms with E-state index >= 15 is 4.39 Å². The second kappa shape index (κ2) is 10.9. The number of aromatic nitrogens is 4. The zero-order valence-electron chi connectivity index (χ0n) is 26.4. The highest BCUT2D eigenvalue weighted by Gasteiger charge is 2.50. The van der Waals surface area contributed by atoms with Crippen molar-refractivity contribution in [3.05, 3.63) is 57.8 Å². The Kier molecular flexibility index (Phi) is 6.98. The van der Waals surface area contributed by atoms with Crippen molar-refractivity contribution in [2.24, 2.45) is 0 Å². The molecule has 1 amide bonds. The molecular weight excluding hydrogens is 594 g/mol. The molecule has 0 bridgehead atoms. The normalized spacial score (nSPS) is 26.9. The van der Waals surface area contributed by atoms with Gasteiger partial charge in [0.05, 0.1) is 35.8 Å². The number of amides is 1. The number of nitrogens with two attached hydrogens (primary N) is 1. The second-order valence-electron chi connectivity index (χ2n) is 13.8. The van der Waals surface area contributed by atoms with Crippen LogP contribution in [0.5, 0.6) is 6.01 Å². The van der Waals surface area contributed by atoms with E-state index < -0.39 is 17.6 Å². The molecule has 1 spiro atoms. The van der Waals surface area contributed by atoms with Crippen molar-refractivity contribution in [1.82, 2.24) is 29.5 Å². The van der Waals surface area contributed by atoms with E-state index in [2.05, 4.69) is 14.9 Å². The van der Waals surface area contributed by atoms with Crippen molar-refractivity contribution in [3.8, 4) is 6.01 Å². The summed E-state index contributed by atoms with van der Waals surface area (Å²) >= 11 is 0. The predicted octanol–water partition coefficient (Wildman–Crippen LogP) is 3.38. The number of anilines is 2. The lowest BCUT2D eigenvalue weighted by molar-refractivity contribution is -0.0749. The van der Waals surface area contributed by atoms with E-state index in [0.29, 0.717) is 75.5 Å². The van der Waals surface area contributed by atoms with Crippen molar-refractivity contribution in [2.75, 3.05) is 51.0 Å². The zero-order valence-corrected chi connectivity index (χ0v) is 26.4. The fourth-order valence-electron chi connectivity index (χ4n) is 8.39. The number of carbonyl (C=O) groups excluding carboxylic acids is 1. The van der Waals surface area contributed by atoms with E-state index in [-0.39, 0.29) is 29.8 Å². The molecule has 2 saturated heterocycles. The average molecular weight is 635 g/mol. The third kappa shape index (κ3) is 4.73. The Morgan fingerprint density at radius 2 is 2.07 bits per heavy atom. The van der Waals surface area contributed by atoms with Crippen molar-refractivity contribution < 1.29 is 23.0 Å². The van der Waals surface area contributed by atoms with Crippen LogP contribution in [0.4, 0.5) is 20.3 Å². The van der Waals surface area contributed by atoms with Gasteiger partial charge in [-0.05, 0) is 56.3 Å². The van der Waals surface area contributed by atoms with Gasteiger partial charge in [0.1, 0.15) is 24.2 Å². The summed E-state index contributed by atoms with van der Waals surface area (Å²) in [6.07, 6.45) is 3.94. The summed E-state index contributed by atoms with van der Waals surface area (Å²) in [5.74, 6) is 0.135.